The van der Waals surface area contributed by atoms with Crippen LogP contribution in [0.5, 0.6) is 0 Å². The van der Waals surface area contributed by atoms with Crippen LogP contribution in [-0.4, -0.2) is 9.49 Å². The van der Waals surface area contributed by atoms with Crippen LogP contribution in [0.1, 0.15) is 90.9 Å². The molecule has 0 saturated heterocycles. The molecule has 0 amide bonds. The third-order valence-corrected chi connectivity index (χ3v) is 9.77. The quantitative estimate of drug-likeness (QED) is 0.523. The highest BCUT2D eigenvalue weighted by Crippen LogP contribution is 2.56. The lowest BCUT2D eigenvalue weighted by Crippen LogP contribution is -2.30. The minimum atomic E-state index is 0.628. The van der Waals surface area contributed by atoms with E-state index in [1.165, 1.54) is 77.0 Å². The number of hydrogen-bond acceptors (Lipinski definition) is 2. The number of hydrogen-bond donors (Lipinski definition) is 0. The molecule has 0 spiro atoms. The third kappa shape index (κ3) is 3.62. The van der Waals surface area contributed by atoms with Crippen molar-refractivity contribution in [3.8, 4) is 0 Å². The second-order valence-electron chi connectivity index (χ2n) is 6.36. The second kappa shape index (κ2) is 6.92. The normalized spacial score (nSPS) is 27.0. The Morgan fingerprint density at radius 2 is 0.944 bits per heavy atom. The van der Waals surface area contributed by atoms with Gasteiger partial charge < -0.3 is 0 Å². The Kier molecular flexibility index (Phi) is 5.81. The lowest BCUT2D eigenvalue weighted by Gasteiger charge is -2.41. The summed E-state index contributed by atoms with van der Waals surface area (Å²) in [6.07, 6.45) is 17.5. The van der Waals surface area contributed by atoms with Crippen molar-refractivity contribution in [2.24, 2.45) is 0 Å². The first-order chi connectivity index (χ1) is 8.74. The molecule has 18 heavy (non-hydrogen) atoms. The van der Waals surface area contributed by atoms with Gasteiger partial charge >= 0.3 is 0 Å². The van der Waals surface area contributed by atoms with Crippen LogP contribution in [0, 0.1) is 0 Å². The van der Waals surface area contributed by atoms with Gasteiger partial charge in [0.2, 0.25) is 0 Å². The summed E-state index contributed by atoms with van der Waals surface area (Å²) in [5.74, 6) is 0. The van der Waals surface area contributed by atoms with E-state index >= 15 is 0 Å². The molecule has 0 N–H and O–H groups in total. The Bertz CT molecular complexity index is 211. The minimum absolute atomic E-state index is 0.628. The zero-order valence-corrected chi connectivity index (χ0v) is 13.9. The van der Waals surface area contributed by atoms with E-state index in [2.05, 4.69) is 35.4 Å². The molecule has 0 aromatic heterocycles. The van der Waals surface area contributed by atoms with E-state index in [1.807, 2.05) is 0 Å². The molecule has 2 saturated carbocycles. The molecule has 2 aliphatic rings. The van der Waals surface area contributed by atoms with E-state index in [0.29, 0.717) is 9.49 Å². The van der Waals surface area contributed by atoms with Crippen molar-refractivity contribution in [1.82, 2.24) is 0 Å². The topological polar surface area (TPSA) is 0 Å². The fraction of sp³-hybridized carbons (Fsp3) is 1.00. The molecular formula is C16H30S2. The lowest BCUT2D eigenvalue weighted by atomic mass is 9.86. The molecule has 106 valence electrons. The molecule has 2 fully saturated rings. The first-order valence-electron chi connectivity index (χ1n) is 8.11. The predicted molar refractivity (Wildman–Crippen MR) is 87.4 cm³/mol. The summed E-state index contributed by atoms with van der Waals surface area (Å²) in [5, 5.41) is 0. The molecule has 0 heterocycles. The largest absolute Gasteiger partial charge is 0.0867 e. The van der Waals surface area contributed by atoms with Crippen molar-refractivity contribution in [2.75, 3.05) is 0 Å². The van der Waals surface area contributed by atoms with Gasteiger partial charge in [-0.15, -0.1) is 0 Å². The summed E-state index contributed by atoms with van der Waals surface area (Å²) < 4.78 is 1.26. The Morgan fingerprint density at radius 3 is 1.22 bits per heavy atom. The van der Waals surface area contributed by atoms with E-state index in [0.717, 1.165) is 0 Å². The minimum Gasteiger partial charge on any atom is -0.0867 e. The van der Waals surface area contributed by atoms with Gasteiger partial charge in [0.05, 0.1) is 0 Å². The van der Waals surface area contributed by atoms with Crippen LogP contribution >= 0.6 is 21.6 Å². The maximum Gasteiger partial charge on any atom is 0.0261 e. The van der Waals surface area contributed by atoms with Crippen LogP contribution < -0.4 is 0 Å². The monoisotopic (exact) mass is 286 g/mol. The maximum atomic E-state index is 2.42. The van der Waals surface area contributed by atoms with Crippen molar-refractivity contribution in [3.05, 3.63) is 0 Å². The highest BCUT2D eigenvalue weighted by Gasteiger charge is 2.37. The molecule has 2 aliphatic carbocycles. The summed E-state index contributed by atoms with van der Waals surface area (Å²) in [6.45, 7) is 4.83. The second-order valence-corrected chi connectivity index (χ2v) is 9.43. The molecule has 0 bridgehead atoms. The van der Waals surface area contributed by atoms with Gasteiger partial charge in [-0.1, -0.05) is 74.0 Å². The zero-order chi connectivity index (χ0) is 12.9. The molecule has 0 nitrogen and oxygen atoms in total. The molecule has 0 aromatic rings. The Morgan fingerprint density at radius 1 is 0.611 bits per heavy atom. The van der Waals surface area contributed by atoms with E-state index in [-0.39, 0.29) is 0 Å². The van der Waals surface area contributed by atoms with Gasteiger partial charge in [-0.3, -0.25) is 0 Å². The fourth-order valence-electron chi connectivity index (χ4n) is 3.56. The molecule has 2 heteroatoms. The van der Waals surface area contributed by atoms with Crippen molar-refractivity contribution in [1.29, 1.82) is 0 Å². The summed E-state index contributed by atoms with van der Waals surface area (Å²) in [7, 11) is 4.58. The van der Waals surface area contributed by atoms with E-state index in [9.17, 15) is 0 Å². The van der Waals surface area contributed by atoms with Crippen molar-refractivity contribution >= 4 is 21.6 Å². The number of rotatable bonds is 5. The SMILES string of the molecule is CCC1(SSC2(CC)CCCCC2)CCCCC1. The zero-order valence-electron chi connectivity index (χ0n) is 12.3. The predicted octanol–water partition coefficient (Wildman–Crippen LogP) is 6.59. The van der Waals surface area contributed by atoms with Gasteiger partial charge in [0.25, 0.3) is 0 Å². The standard InChI is InChI=1S/C16H30S2/c1-3-15(11-7-5-8-12-15)17-18-16(4-2)13-9-6-10-14-16/h3-14H2,1-2H3. The molecule has 0 aliphatic heterocycles. The summed E-state index contributed by atoms with van der Waals surface area (Å²) in [6, 6.07) is 0. The molecule has 0 aromatic carbocycles. The Hall–Kier alpha value is 0.700. The van der Waals surface area contributed by atoms with Crippen molar-refractivity contribution in [3.63, 3.8) is 0 Å². The Labute approximate surface area is 122 Å². The van der Waals surface area contributed by atoms with Crippen LogP contribution in [0.25, 0.3) is 0 Å². The van der Waals surface area contributed by atoms with Crippen LogP contribution in [0.3, 0.4) is 0 Å². The summed E-state index contributed by atoms with van der Waals surface area (Å²) >= 11 is 0. The van der Waals surface area contributed by atoms with Gasteiger partial charge in [-0.25, -0.2) is 0 Å². The molecule has 0 radical (unpaired) electrons. The first-order valence-corrected chi connectivity index (χ1v) is 10.3. The van der Waals surface area contributed by atoms with Crippen LogP contribution in [0.15, 0.2) is 0 Å². The molecule has 2 rings (SSSR count). The average Bonchev–Trinajstić information content (AvgIpc) is 2.47. The molecule has 0 atom stereocenters. The van der Waals surface area contributed by atoms with Gasteiger partial charge in [-0.05, 0) is 38.5 Å². The fourth-order valence-corrected chi connectivity index (χ4v) is 7.83. The smallest absolute Gasteiger partial charge is 0.0261 e. The van der Waals surface area contributed by atoms with E-state index < -0.39 is 0 Å². The summed E-state index contributed by atoms with van der Waals surface area (Å²) in [4.78, 5) is 0. The third-order valence-electron chi connectivity index (χ3n) is 5.21. The highest BCUT2D eigenvalue weighted by atomic mass is 33.1. The maximum absolute atomic E-state index is 2.42. The van der Waals surface area contributed by atoms with Gasteiger partial charge in [0.1, 0.15) is 0 Å². The van der Waals surface area contributed by atoms with Crippen molar-refractivity contribution in [2.45, 2.75) is 100 Å². The Balaban J connectivity index is 1.91. The van der Waals surface area contributed by atoms with Gasteiger partial charge in [0, 0.05) is 9.49 Å². The van der Waals surface area contributed by atoms with E-state index in [1.54, 1.807) is 0 Å². The molecular weight excluding hydrogens is 256 g/mol. The average molecular weight is 287 g/mol. The molecule has 0 unspecified atom stereocenters. The van der Waals surface area contributed by atoms with Crippen LogP contribution in [0.4, 0.5) is 0 Å². The van der Waals surface area contributed by atoms with Gasteiger partial charge in [0.15, 0.2) is 0 Å². The van der Waals surface area contributed by atoms with Crippen LogP contribution in [0.2, 0.25) is 0 Å². The van der Waals surface area contributed by atoms with Crippen molar-refractivity contribution < 1.29 is 0 Å². The van der Waals surface area contributed by atoms with Crippen LogP contribution in [-0.2, 0) is 0 Å². The first kappa shape index (κ1) is 15.1. The van der Waals surface area contributed by atoms with Gasteiger partial charge in [-0.2, -0.15) is 0 Å². The summed E-state index contributed by atoms with van der Waals surface area (Å²) in [5.41, 5.74) is 0. The highest BCUT2D eigenvalue weighted by molar-refractivity contribution is 8.77. The van der Waals surface area contributed by atoms with E-state index in [4.69, 9.17) is 0 Å². The lowest BCUT2D eigenvalue weighted by molar-refractivity contribution is 0.386.